The highest BCUT2D eigenvalue weighted by atomic mass is 32.2. The minimum Gasteiger partial charge on any atom is -0.342 e. The Hall–Kier alpha value is -2.07. The summed E-state index contributed by atoms with van der Waals surface area (Å²) in [5.74, 6) is -0.735. The van der Waals surface area contributed by atoms with Gasteiger partial charge in [-0.25, -0.2) is 13.4 Å². The van der Waals surface area contributed by atoms with Crippen LogP contribution in [0, 0.1) is 0 Å². The van der Waals surface area contributed by atoms with Crippen LogP contribution in [0.25, 0.3) is 0 Å². The zero-order chi connectivity index (χ0) is 16.2. The maximum Gasteiger partial charge on any atom is 0.271 e. The Labute approximate surface area is 128 Å². The molecule has 0 radical (unpaired) electrons. The zero-order valence-corrected chi connectivity index (χ0v) is 12.9. The normalized spacial score (nSPS) is 16.3. The number of sulfonamides is 1. The van der Waals surface area contributed by atoms with E-state index < -0.39 is 15.9 Å². The molecule has 0 saturated carbocycles. The summed E-state index contributed by atoms with van der Waals surface area (Å²) in [7, 11) is -3.23. The molecule has 22 heavy (non-hydrogen) atoms. The van der Waals surface area contributed by atoms with Crippen molar-refractivity contribution < 1.29 is 18.0 Å². The Morgan fingerprint density at radius 1 is 1.23 bits per heavy atom. The first-order valence-electron chi connectivity index (χ1n) is 6.65. The van der Waals surface area contributed by atoms with Gasteiger partial charge < -0.3 is 10.2 Å². The number of carbonyl (C=O) groups excluding carboxylic acids is 2. The molecule has 1 fully saturated rings. The van der Waals surface area contributed by atoms with E-state index in [0.29, 0.717) is 13.1 Å². The Kier molecular flexibility index (Phi) is 5.03. The molecule has 2 heterocycles. The summed E-state index contributed by atoms with van der Waals surface area (Å²) in [6, 6.07) is 0. The Morgan fingerprint density at radius 2 is 1.91 bits per heavy atom. The summed E-state index contributed by atoms with van der Waals surface area (Å²) >= 11 is 0. The fourth-order valence-corrected chi connectivity index (χ4v) is 2.87. The standard InChI is InChI=1S/C12H17N5O4S/c1-22(20,21)17-6-4-16(5-7-17)11(18)9-15-12(19)10-8-13-2-3-14-10/h2-3,8H,4-7,9H2,1H3,(H,15,19). The van der Waals surface area contributed by atoms with Gasteiger partial charge >= 0.3 is 0 Å². The predicted octanol–water partition coefficient (Wildman–Crippen LogP) is -1.69. The highest BCUT2D eigenvalue weighted by Gasteiger charge is 2.26. The summed E-state index contributed by atoms with van der Waals surface area (Å²) in [6.45, 7) is 0.999. The van der Waals surface area contributed by atoms with Crippen molar-refractivity contribution in [2.75, 3.05) is 39.0 Å². The lowest BCUT2D eigenvalue weighted by Gasteiger charge is -2.33. The van der Waals surface area contributed by atoms with Gasteiger partial charge in [-0.05, 0) is 0 Å². The molecule has 2 rings (SSSR count). The molecule has 1 saturated heterocycles. The number of amides is 2. The molecule has 1 N–H and O–H groups in total. The molecule has 0 aliphatic carbocycles. The molecule has 0 spiro atoms. The van der Waals surface area contributed by atoms with Gasteiger partial charge in [0.1, 0.15) is 5.69 Å². The van der Waals surface area contributed by atoms with Crippen LogP contribution in [-0.2, 0) is 14.8 Å². The van der Waals surface area contributed by atoms with Gasteiger partial charge in [-0.3, -0.25) is 14.6 Å². The molecular weight excluding hydrogens is 310 g/mol. The number of nitrogens with one attached hydrogen (secondary N) is 1. The number of rotatable bonds is 4. The third-order valence-electron chi connectivity index (χ3n) is 3.26. The van der Waals surface area contributed by atoms with Crippen molar-refractivity contribution in [3.63, 3.8) is 0 Å². The van der Waals surface area contributed by atoms with Gasteiger partial charge in [0, 0.05) is 38.6 Å². The average molecular weight is 327 g/mol. The summed E-state index contributed by atoms with van der Waals surface area (Å²) in [5, 5.41) is 2.47. The number of nitrogens with zero attached hydrogens (tertiary/aromatic N) is 4. The van der Waals surface area contributed by atoms with Crippen molar-refractivity contribution in [1.29, 1.82) is 0 Å². The molecule has 0 atom stereocenters. The lowest BCUT2D eigenvalue weighted by atomic mass is 10.3. The Morgan fingerprint density at radius 3 is 2.45 bits per heavy atom. The van der Waals surface area contributed by atoms with E-state index in [4.69, 9.17) is 0 Å². The van der Waals surface area contributed by atoms with E-state index in [1.165, 1.54) is 27.8 Å². The summed E-state index contributed by atoms with van der Waals surface area (Å²) < 4.78 is 24.1. The van der Waals surface area contributed by atoms with E-state index in [1.54, 1.807) is 0 Å². The quantitative estimate of drug-likeness (QED) is 0.706. The van der Waals surface area contributed by atoms with Crippen molar-refractivity contribution in [2.45, 2.75) is 0 Å². The van der Waals surface area contributed by atoms with Crippen molar-refractivity contribution in [2.24, 2.45) is 0 Å². The van der Waals surface area contributed by atoms with Gasteiger partial charge in [0.2, 0.25) is 15.9 Å². The fraction of sp³-hybridized carbons (Fsp3) is 0.500. The molecule has 0 unspecified atom stereocenters. The lowest BCUT2D eigenvalue weighted by Crippen LogP contribution is -2.52. The van der Waals surface area contributed by atoms with Crippen LogP contribution in [-0.4, -0.2) is 78.4 Å². The topological polar surface area (TPSA) is 113 Å². The van der Waals surface area contributed by atoms with Gasteiger partial charge in [-0.15, -0.1) is 0 Å². The number of hydrogen-bond donors (Lipinski definition) is 1. The van der Waals surface area contributed by atoms with Crippen LogP contribution in [0.2, 0.25) is 0 Å². The number of carbonyl (C=O) groups is 2. The summed E-state index contributed by atoms with van der Waals surface area (Å²) in [6.07, 6.45) is 5.29. The molecule has 1 aliphatic rings. The third-order valence-corrected chi connectivity index (χ3v) is 4.56. The molecule has 10 heteroatoms. The van der Waals surface area contributed by atoms with Gasteiger partial charge in [-0.2, -0.15) is 4.31 Å². The van der Waals surface area contributed by atoms with Crippen molar-refractivity contribution in [3.8, 4) is 0 Å². The number of hydrogen-bond acceptors (Lipinski definition) is 6. The smallest absolute Gasteiger partial charge is 0.271 e. The predicted molar refractivity (Wildman–Crippen MR) is 77.4 cm³/mol. The molecule has 0 bridgehead atoms. The van der Waals surface area contributed by atoms with Gasteiger partial charge in [0.25, 0.3) is 5.91 Å². The Bertz CT molecular complexity index is 641. The molecular formula is C12H17N5O4S. The van der Waals surface area contributed by atoms with E-state index in [0.717, 1.165) is 6.26 Å². The van der Waals surface area contributed by atoms with Gasteiger partial charge in [-0.1, -0.05) is 0 Å². The monoisotopic (exact) mass is 327 g/mol. The maximum absolute atomic E-state index is 12.0. The molecule has 2 amide bonds. The van der Waals surface area contributed by atoms with E-state index in [1.807, 2.05) is 0 Å². The first-order valence-corrected chi connectivity index (χ1v) is 8.50. The van der Waals surface area contributed by atoms with E-state index in [2.05, 4.69) is 15.3 Å². The van der Waals surface area contributed by atoms with Crippen LogP contribution in [0.3, 0.4) is 0 Å². The first-order chi connectivity index (χ1) is 10.4. The second-order valence-electron chi connectivity index (χ2n) is 4.82. The number of aromatic nitrogens is 2. The van der Waals surface area contributed by atoms with E-state index >= 15 is 0 Å². The Balaban J connectivity index is 1.81. The summed E-state index contributed by atoms with van der Waals surface area (Å²) in [5.41, 5.74) is 0.136. The van der Waals surface area contributed by atoms with E-state index in [9.17, 15) is 18.0 Å². The second kappa shape index (κ2) is 6.79. The van der Waals surface area contributed by atoms with Crippen LogP contribution in [0.1, 0.15) is 10.5 Å². The maximum atomic E-state index is 12.0. The summed E-state index contributed by atoms with van der Waals surface area (Å²) in [4.78, 5) is 32.9. The lowest BCUT2D eigenvalue weighted by molar-refractivity contribution is -0.131. The first kappa shape index (κ1) is 16.3. The number of piperazine rings is 1. The van der Waals surface area contributed by atoms with Crippen molar-refractivity contribution in [3.05, 3.63) is 24.3 Å². The molecule has 0 aromatic carbocycles. The van der Waals surface area contributed by atoms with E-state index in [-0.39, 0.29) is 31.2 Å². The molecule has 1 aliphatic heterocycles. The molecule has 1 aromatic heterocycles. The minimum atomic E-state index is -3.23. The zero-order valence-electron chi connectivity index (χ0n) is 12.1. The average Bonchev–Trinajstić information content (AvgIpc) is 2.52. The molecule has 1 aromatic rings. The van der Waals surface area contributed by atoms with Crippen LogP contribution >= 0.6 is 0 Å². The fourth-order valence-electron chi connectivity index (χ4n) is 2.04. The highest BCUT2D eigenvalue weighted by molar-refractivity contribution is 7.88. The van der Waals surface area contributed by atoms with Crippen LogP contribution in [0.15, 0.2) is 18.6 Å². The SMILES string of the molecule is CS(=O)(=O)N1CCN(C(=O)CNC(=O)c2cnccn2)CC1. The van der Waals surface area contributed by atoms with Crippen LogP contribution < -0.4 is 5.32 Å². The third kappa shape index (κ3) is 4.21. The molecule has 120 valence electrons. The minimum absolute atomic E-state index is 0.136. The van der Waals surface area contributed by atoms with Crippen LogP contribution in [0.4, 0.5) is 0 Å². The highest BCUT2D eigenvalue weighted by Crippen LogP contribution is 2.06. The molecule has 9 nitrogen and oxygen atoms in total. The van der Waals surface area contributed by atoms with Crippen molar-refractivity contribution in [1.82, 2.24) is 24.5 Å². The largest absolute Gasteiger partial charge is 0.342 e. The second-order valence-corrected chi connectivity index (χ2v) is 6.80. The van der Waals surface area contributed by atoms with Crippen LogP contribution in [0.5, 0.6) is 0 Å². The van der Waals surface area contributed by atoms with Crippen molar-refractivity contribution >= 4 is 21.8 Å². The van der Waals surface area contributed by atoms with Gasteiger partial charge in [0.15, 0.2) is 0 Å². The van der Waals surface area contributed by atoms with Gasteiger partial charge in [0.05, 0.1) is 19.0 Å².